The van der Waals surface area contributed by atoms with E-state index in [0.717, 1.165) is 25.3 Å². The van der Waals surface area contributed by atoms with Crippen LogP contribution in [0, 0.1) is 0 Å². The van der Waals surface area contributed by atoms with Gasteiger partial charge in [-0.05, 0) is 19.4 Å². The Bertz CT molecular complexity index is 405. The predicted octanol–water partition coefficient (Wildman–Crippen LogP) is 0.733. The molecule has 1 aromatic rings. The van der Waals surface area contributed by atoms with E-state index < -0.39 is 0 Å². The smallest absolute Gasteiger partial charge is 0.307 e. The van der Waals surface area contributed by atoms with Gasteiger partial charge in [-0.25, -0.2) is 0 Å². The summed E-state index contributed by atoms with van der Waals surface area (Å²) in [5.41, 5.74) is 0. The lowest BCUT2D eigenvalue weighted by molar-refractivity contribution is -0.142. The first-order chi connectivity index (χ1) is 8.70. The SMILES string of the molecule is COC(=O)CC1CCCCN1Cc1nncn1C. The summed E-state index contributed by atoms with van der Waals surface area (Å²) in [6.07, 6.45) is 5.57. The highest BCUT2D eigenvalue weighted by Crippen LogP contribution is 2.21. The van der Waals surface area contributed by atoms with Crippen LogP contribution in [-0.2, 0) is 23.1 Å². The fraction of sp³-hybridized carbons (Fsp3) is 0.750. The van der Waals surface area contributed by atoms with Crippen LogP contribution in [-0.4, -0.2) is 45.3 Å². The molecular weight excluding hydrogens is 232 g/mol. The van der Waals surface area contributed by atoms with E-state index in [9.17, 15) is 4.79 Å². The molecule has 1 aliphatic heterocycles. The van der Waals surface area contributed by atoms with Gasteiger partial charge in [-0.2, -0.15) is 0 Å². The molecule has 100 valence electrons. The van der Waals surface area contributed by atoms with Crippen molar-refractivity contribution in [2.75, 3.05) is 13.7 Å². The number of esters is 1. The molecule has 0 radical (unpaired) electrons. The second kappa shape index (κ2) is 5.95. The van der Waals surface area contributed by atoms with Gasteiger partial charge < -0.3 is 9.30 Å². The number of ether oxygens (including phenoxy) is 1. The normalized spacial score (nSPS) is 20.9. The largest absolute Gasteiger partial charge is 0.469 e. The predicted molar refractivity (Wildman–Crippen MR) is 65.7 cm³/mol. The van der Waals surface area contributed by atoms with E-state index in [2.05, 4.69) is 15.1 Å². The molecule has 1 aromatic heterocycles. The van der Waals surface area contributed by atoms with E-state index in [1.807, 2.05) is 11.6 Å². The topological polar surface area (TPSA) is 60.2 Å². The standard InChI is InChI=1S/C12H20N4O2/c1-15-9-13-14-11(15)8-16-6-4-3-5-10(16)7-12(17)18-2/h9-10H,3-8H2,1-2H3. The number of hydrogen-bond acceptors (Lipinski definition) is 5. The maximum Gasteiger partial charge on any atom is 0.307 e. The van der Waals surface area contributed by atoms with Crippen LogP contribution in [0.3, 0.4) is 0 Å². The number of hydrogen-bond donors (Lipinski definition) is 0. The van der Waals surface area contributed by atoms with Gasteiger partial charge >= 0.3 is 5.97 Å². The third kappa shape index (κ3) is 3.07. The molecule has 0 spiro atoms. The van der Waals surface area contributed by atoms with Crippen LogP contribution in [0.15, 0.2) is 6.33 Å². The van der Waals surface area contributed by atoms with Crippen LogP contribution in [0.5, 0.6) is 0 Å². The number of carbonyl (C=O) groups excluding carboxylic acids is 1. The molecule has 6 nitrogen and oxygen atoms in total. The Morgan fingerprint density at radius 1 is 1.56 bits per heavy atom. The summed E-state index contributed by atoms with van der Waals surface area (Å²) in [5, 5.41) is 7.98. The van der Waals surface area contributed by atoms with Crippen LogP contribution < -0.4 is 0 Å². The molecule has 1 saturated heterocycles. The van der Waals surface area contributed by atoms with Gasteiger partial charge in [0, 0.05) is 13.1 Å². The summed E-state index contributed by atoms with van der Waals surface area (Å²) in [4.78, 5) is 13.7. The van der Waals surface area contributed by atoms with Crippen molar-refractivity contribution in [2.45, 2.75) is 38.3 Å². The van der Waals surface area contributed by atoms with E-state index in [4.69, 9.17) is 4.74 Å². The van der Waals surface area contributed by atoms with Crippen molar-refractivity contribution in [3.63, 3.8) is 0 Å². The Kier molecular flexibility index (Phi) is 4.30. The van der Waals surface area contributed by atoms with Gasteiger partial charge in [0.25, 0.3) is 0 Å². The Morgan fingerprint density at radius 2 is 2.39 bits per heavy atom. The quantitative estimate of drug-likeness (QED) is 0.739. The molecule has 2 rings (SSSR count). The molecule has 1 unspecified atom stereocenters. The second-order valence-electron chi connectivity index (χ2n) is 4.76. The molecule has 2 heterocycles. The fourth-order valence-electron chi connectivity index (χ4n) is 2.41. The Balaban J connectivity index is 1.99. The van der Waals surface area contributed by atoms with Crippen LogP contribution in [0.1, 0.15) is 31.5 Å². The van der Waals surface area contributed by atoms with Gasteiger partial charge in [-0.15, -0.1) is 10.2 Å². The van der Waals surface area contributed by atoms with Crippen LogP contribution in [0.25, 0.3) is 0 Å². The molecular formula is C12H20N4O2. The molecule has 0 bridgehead atoms. The van der Waals surface area contributed by atoms with Crippen molar-refractivity contribution in [2.24, 2.45) is 7.05 Å². The molecule has 6 heteroatoms. The second-order valence-corrected chi connectivity index (χ2v) is 4.76. The van der Waals surface area contributed by atoms with E-state index in [1.54, 1.807) is 6.33 Å². The first-order valence-corrected chi connectivity index (χ1v) is 6.34. The van der Waals surface area contributed by atoms with Gasteiger partial charge in [0.15, 0.2) is 0 Å². The van der Waals surface area contributed by atoms with Crippen LogP contribution in [0.4, 0.5) is 0 Å². The van der Waals surface area contributed by atoms with Gasteiger partial charge in [-0.3, -0.25) is 9.69 Å². The molecule has 0 saturated carbocycles. The zero-order valence-corrected chi connectivity index (χ0v) is 11.0. The maximum atomic E-state index is 11.4. The number of likely N-dealkylation sites (tertiary alicyclic amines) is 1. The summed E-state index contributed by atoms with van der Waals surface area (Å²) in [7, 11) is 3.38. The van der Waals surface area contributed by atoms with E-state index in [0.29, 0.717) is 6.42 Å². The molecule has 1 atom stereocenters. The molecule has 0 aromatic carbocycles. The summed E-state index contributed by atoms with van der Waals surface area (Å²) in [6, 6.07) is 0.267. The number of nitrogens with zero attached hydrogens (tertiary/aromatic N) is 4. The Morgan fingerprint density at radius 3 is 3.06 bits per heavy atom. The van der Waals surface area contributed by atoms with E-state index >= 15 is 0 Å². The van der Waals surface area contributed by atoms with Gasteiger partial charge in [-0.1, -0.05) is 6.42 Å². The summed E-state index contributed by atoms with van der Waals surface area (Å²) < 4.78 is 6.68. The van der Waals surface area contributed by atoms with E-state index in [1.165, 1.54) is 20.0 Å². The number of rotatable bonds is 4. The van der Waals surface area contributed by atoms with Crippen molar-refractivity contribution >= 4 is 5.97 Å². The lowest BCUT2D eigenvalue weighted by atomic mass is 9.99. The van der Waals surface area contributed by atoms with Gasteiger partial charge in [0.1, 0.15) is 12.2 Å². The molecule has 1 aliphatic rings. The molecule has 0 amide bonds. The highest BCUT2D eigenvalue weighted by molar-refractivity contribution is 5.69. The minimum Gasteiger partial charge on any atom is -0.469 e. The number of aromatic nitrogens is 3. The van der Waals surface area contributed by atoms with Gasteiger partial charge in [0.2, 0.25) is 0 Å². The van der Waals surface area contributed by atoms with Crippen molar-refractivity contribution in [3.05, 3.63) is 12.2 Å². The molecule has 18 heavy (non-hydrogen) atoms. The average molecular weight is 252 g/mol. The number of piperidine rings is 1. The number of methoxy groups -OCH3 is 1. The van der Waals surface area contributed by atoms with Crippen LogP contribution in [0.2, 0.25) is 0 Å². The monoisotopic (exact) mass is 252 g/mol. The van der Waals surface area contributed by atoms with Crippen molar-refractivity contribution in [3.8, 4) is 0 Å². The highest BCUT2D eigenvalue weighted by Gasteiger charge is 2.26. The lowest BCUT2D eigenvalue weighted by Gasteiger charge is -2.34. The molecule has 0 aliphatic carbocycles. The fourth-order valence-corrected chi connectivity index (χ4v) is 2.41. The van der Waals surface area contributed by atoms with Crippen molar-refractivity contribution in [1.29, 1.82) is 0 Å². The third-order valence-electron chi connectivity index (χ3n) is 3.53. The first kappa shape index (κ1) is 13.0. The number of aryl methyl sites for hydroxylation is 1. The number of carbonyl (C=O) groups is 1. The zero-order valence-electron chi connectivity index (χ0n) is 11.0. The van der Waals surface area contributed by atoms with Gasteiger partial charge in [0.05, 0.1) is 20.1 Å². The summed E-state index contributed by atoms with van der Waals surface area (Å²) in [5.74, 6) is 0.802. The highest BCUT2D eigenvalue weighted by atomic mass is 16.5. The minimum atomic E-state index is -0.134. The maximum absolute atomic E-state index is 11.4. The van der Waals surface area contributed by atoms with Crippen molar-refractivity contribution in [1.82, 2.24) is 19.7 Å². The average Bonchev–Trinajstić information content (AvgIpc) is 2.77. The molecule has 0 N–H and O–H groups in total. The van der Waals surface area contributed by atoms with E-state index in [-0.39, 0.29) is 12.0 Å². The first-order valence-electron chi connectivity index (χ1n) is 6.34. The summed E-state index contributed by atoms with van der Waals surface area (Å²) >= 11 is 0. The summed E-state index contributed by atoms with van der Waals surface area (Å²) in [6.45, 7) is 1.76. The van der Waals surface area contributed by atoms with Crippen molar-refractivity contribution < 1.29 is 9.53 Å². The Hall–Kier alpha value is -1.43. The third-order valence-corrected chi connectivity index (χ3v) is 3.53. The lowest BCUT2D eigenvalue weighted by Crippen LogP contribution is -2.41. The van der Waals surface area contributed by atoms with Crippen LogP contribution >= 0.6 is 0 Å². The minimum absolute atomic E-state index is 0.134. The Labute approximate surface area is 107 Å². The molecule has 1 fully saturated rings. The zero-order chi connectivity index (χ0) is 13.0.